The minimum Gasteiger partial charge on any atom is -0.449 e. The second kappa shape index (κ2) is 17.4. The van der Waals surface area contributed by atoms with Crippen molar-refractivity contribution in [1.29, 1.82) is 0 Å². The van der Waals surface area contributed by atoms with Gasteiger partial charge in [-0.25, -0.2) is 4.79 Å². The van der Waals surface area contributed by atoms with E-state index in [-0.39, 0.29) is 36.5 Å². The van der Waals surface area contributed by atoms with Crippen molar-refractivity contribution < 1.29 is 14.3 Å². The SMILES string of the molecule is CCCN(C(=O)OCCCc1ccccc1)C1CCN(CC2CC(N(C)C(=O)c3ccccc3)CC2c2ccccc2)CC1.Cl. The Morgan fingerprint density at radius 3 is 2.11 bits per heavy atom. The highest BCUT2D eigenvalue weighted by Gasteiger charge is 2.40. The maximum Gasteiger partial charge on any atom is 0.410 e. The molecule has 3 aromatic rings. The average molecular weight is 632 g/mol. The number of carbonyl (C=O) groups excluding carboxylic acids is 2. The molecule has 2 fully saturated rings. The number of nitrogens with zero attached hydrogens (tertiary/aromatic N) is 3. The summed E-state index contributed by atoms with van der Waals surface area (Å²) in [5, 5.41) is 0. The number of halogens is 1. The number of amides is 2. The van der Waals surface area contributed by atoms with Crippen LogP contribution in [0.25, 0.3) is 0 Å². The summed E-state index contributed by atoms with van der Waals surface area (Å²) >= 11 is 0. The average Bonchev–Trinajstić information content (AvgIpc) is 3.50. The summed E-state index contributed by atoms with van der Waals surface area (Å²) < 4.78 is 5.76. The van der Waals surface area contributed by atoms with Gasteiger partial charge in [0.05, 0.1) is 6.61 Å². The van der Waals surface area contributed by atoms with E-state index in [1.807, 2.05) is 53.2 Å². The lowest BCUT2D eigenvalue weighted by Crippen LogP contribution is -2.48. The number of carbonyl (C=O) groups is 2. The van der Waals surface area contributed by atoms with Crippen molar-refractivity contribution in [2.24, 2.45) is 5.92 Å². The Balaban J connectivity index is 0.00000461. The quantitative estimate of drug-likeness (QED) is 0.192. The minimum atomic E-state index is -0.160. The minimum absolute atomic E-state index is 0. The molecular weight excluding hydrogens is 582 g/mol. The summed E-state index contributed by atoms with van der Waals surface area (Å²) in [4.78, 5) is 33.0. The third-order valence-electron chi connectivity index (χ3n) is 9.65. The van der Waals surface area contributed by atoms with Gasteiger partial charge in [0.2, 0.25) is 0 Å². The van der Waals surface area contributed by atoms with E-state index in [0.29, 0.717) is 18.4 Å². The number of aryl methyl sites for hydroxylation is 1. The first-order valence-corrected chi connectivity index (χ1v) is 16.6. The van der Waals surface area contributed by atoms with E-state index >= 15 is 0 Å². The van der Waals surface area contributed by atoms with Crippen molar-refractivity contribution in [3.8, 4) is 0 Å². The van der Waals surface area contributed by atoms with Crippen molar-refractivity contribution >= 4 is 24.4 Å². The van der Waals surface area contributed by atoms with E-state index in [1.165, 1.54) is 11.1 Å². The number of likely N-dealkylation sites (tertiary alicyclic amines) is 1. The predicted octanol–water partition coefficient (Wildman–Crippen LogP) is 7.69. The molecule has 45 heavy (non-hydrogen) atoms. The highest BCUT2D eigenvalue weighted by Crippen LogP contribution is 2.42. The fourth-order valence-corrected chi connectivity index (χ4v) is 7.24. The molecule has 3 aromatic carbocycles. The molecule has 2 aliphatic rings. The smallest absolute Gasteiger partial charge is 0.410 e. The van der Waals surface area contributed by atoms with Crippen LogP contribution >= 0.6 is 12.4 Å². The molecule has 242 valence electrons. The molecule has 0 radical (unpaired) electrons. The van der Waals surface area contributed by atoms with Gasteiger partial charge >= 0.3 is 6.09 Å². The van der Waals surface area contributed by atoms with Crippen LogP contribution in [0.3, 0.4) is 0 Å². The molecule has 1 aliphatic heterocycles. The maximum atomic E-state index is 13.3. The summed E-state index contributed by atoms with van der Waals surface area (Å²) in [6.07, 6.45) is 6.46. The molecule has 1 aliphatic carbocycles. The van der Waals surface area contributed by atoms with Gasteiger partial charge in [0, 0.05) is 50.9 Å². The van der Waals surface area contributed by atoms with Gasteiger partial charge in [0.1, 0.15) is 0 Å². The first-order valence-electron chi connectivity index (χ1n) is 16.6. The molecule has 1 saturated heterocycles. The van der Waals surface area contributed by atoms with Crippen molar-refractivity contribution in [2.75, 3.05) is 39.8 Å². The van der Waals surface area contributed by atoms with Gasteiger partial charge in [-0.3, -0.25) is 4.79 Å². The Hall–Kier alpha value is -3.35. The highest BCUT2D eigenvalue weighted by molar-refractivity contribution is 5.94. The first-order chi connectivity index (χ1) is 21.5. The Morgan fingerprint density at radius 1 is 0.844 bits per heavy atom. The molecule has 0 spiro atoms. The zero-order valence-corrected chi connectivity index (χ0v) is 27.7. The van der Waals surface area contributed by atoms with Crippen molar-refractivity contribution in [1.82, 2.24) is 14.7 Å². The van der Waals surface area contributed by atoms with E-state index in [2.05, 4.69) is 66.4 Å². The zero-order chi connectivity index (χ0) is 30.7. The lowest BCUT2D eigenvalue weighted by atomic mass is 9.88. The summed E-state index contributed by atoms with van der Waals surface area (Å²) in [6, 6.07) is 31.3. The molecular formula is C38H50ClN3O3. The molecule has 0 N–H and O–H groups in total. The van der Waals surface area contributed by atoms with Crippen LogP contribution < -0.4 is 0 Å². The molecule has 3 atom stereocenters. The largest absolute Gasteiger partial charge is 0.449 e. The molecule has 1 saturated carbocycles. The fraction of sp³-hybridized carbons (Fsp3) is 0.474. The van der Waals surface area contributed by atoms with Gasteiger partial charge in [-0.05, 0) is 80.0 Å². The number of benzene rings is 3. The van der Waals surface area contributed by atoms with Crippen molar-refractivity contribution in [2.45, 2.75) is 69.9 Å². The predicted molar refractivity (Wildman–Crippen MR) is 184 cm³/mol. The van der Waals surface area contributed by atoms with Crippen molar-refractivity contribution in [3.63, 3.8) is 0 Å². The van der Waals surface area contributed by atoms with Gasteiger partial charge in [-0.15, -0.1) is 12.4 Å². The second-order valence-electron chi connectivity index (χ2n) is 12.6. The van der Waals surface area contributed by atoms with Gasteiger partial charge in [0.15, 0.2) is 0 Å². The van der Waals surface area contributed by atoms with Gasteiger partial charge in [0.25, 0.3) is 5.91 Å². The third-order valence-corrected chi connectivity index (χ3v) is 9.65. The molecule has 0 aromatic heterocycles. The summed E-state index contributed by atoms with van der Waals surface area (Å²) in [5.41, 5.74) is 3.40. The van der Waals surface area contributed by atoms with E-state index in [1.54, 1.807) is 0 Å². The van der Waals surface area contributed by atoms with E-state index in [0.717, 1.165) is 76.7 Å². The second-order valence-corrected chi connectivity index (χ2v) is 12.6. The van der Waals surface area contributed by atoms with Crippen LogP contribution in [0.2, 0.25) is 0 Å². The Kier molecular flexibility index (Phi) is 13.3. The summed E-state index contributed by atoms with van der Waals surface area (Å²) in [5.74, 6) is 1.01. The molecule has 1 heterocycles. The Bertz CT molecular complexity index is 1300. The van der Waals surface area contributed by atoms with Crippen LogP contribution in [0.15, 0.2) is 91.0 Å². The van der Waals surface area contributed by atoms with Gasteiger partial charge < -0.3 is 19.4 Å². The highest BCUT2D eigenvalue weighted by atomic mass is 35.5. The summed E-state index contributed by atoms with van der Waals surface area (Å²) in [6.45, 7) is 6.31. The van der Waals surface area contributed by atoms with Crippen molar-refractivity contribution in [3.05, 3.63) is 108 Å². The van der Waals surface area contributed by atoms with Crippen LogP contribution in [0, 0.1) is 5.92 Å². The topological polar surface area (TPSA) is 53.1 Å². The van der Waals surface area contributed by atoms with Crippen LogP contribution in [0.5, 0.6) is 0 Å². The molecule has 5 rings (SSSR count). The zero-order valence-electron chi connectivity index (χ0n) is 26.9. The van der Waals surface area contributed by atoms with E-state index in [4.69, 9.17) is 4.74 Å². The van der Waals surface area contributed by atoms with Crippen LogP contribution in [0.1, 0.15) is 72.9 Å². The Labute approximate surface area is 276 Å². The van der Waals surface area contributed by atoms with Crippen LogP contribution in [-0.2, 0) is 11.2 Å². The number of ether oxygens (including phenoxy) is 1. The van der Waals surface area contributed by atoms with Crippen LogP contribution in [-0.4, -0.2) is 78.6 Å². The van der Waals surface area contributed by atoms with E-state index in [9.17, 15) is 9.59 Å². The lowest BCUT2D eigenvalue weighted by Gasteiger charge is -2.39. The third kappa shape index (κ3) is 9.34. The fourth-order valence-electron chi connectivity index (χ4n) is 7.24. The first kappa shape index (κ1) is 34.5. The molecule has 2 amide bonds. The Morgan fingerprint density at radius 2 is 1.47 bits per heavy atom. The number of hydrogen-bond donors (Lipinski definition) is 0. The molecule has 3 unspecified atom stereocenters. The number of hydrogen-bond acceptors (Lipinski definition) is 4. The summed E-state index contributed by atoms with van der Waals surface area (Å²) in [7, 11) is 1.97. The van der Waals surface area contributed by atoms with Gasteiger partial charge in [-0.1, -0.05) is 85.8 Å². The molecule has 0 bridgehead atoms. The monoisotopic (exact) mass is 631 g/mol. The lowest BCUT2D eigenvalue weighted by molar-refractivity contribution is 0.0605. The number of rotatable bonds is 12. The number of piperidine rings is 1. The van der Waals surface area contributed by atoms with E-state index < -0.39 is 0 Å². The van der Waals surface area contributed by atoms with Crippen LogP contribution in [0.4, 0.5) is 4.79 Å². The standard InChI is InChI=1S/C38H49N3O3.ClH/c1-3-23-41(38(43)44-26-13-16-30-14-7-4-8-15-30)34-21-24-40(25-22-34)29-33-27-35(28-36(33)31-17-9-5-10-18-31)39(2)37(42)32-19-11-6-12-20-32;/h4-12,14-15,17-20,33-36H,3,13,16,21-29H2,1-2H3;1H. The van der Waals surface area contributed by atoms with Gasteiger partial charge in [-0.2, -0.15) is 0 Å². The molecule has 6 nitrogen and oxygen atoms in total. The maximum absolute atomic E-state index is 13.3. The molecule has 7 heteroatoms. The normalized spacial score (nSPS) is 20.3.